The fourth-order valence-electron chi connectivity index (χ4n) is 5.89. The third-order valence-electron chi connectivity index (χ3n) is 6.72. The maximum absolute atomic E-state index is 12.4. The number of carbonyl (C=O) groups is 1. The smallest absolute Gasteiger partial charge is 0.315 e. The van der Waals surface area contributed by atoms with E-state index in [0.717, 1.165) is 27.8 Å². The van der Waals surface area contributed by atoms with E-state index in [0.29, 0.717) is 12.0 Å². The summed E-state index contributed by atoms with van der Waals surface area (Å²) in [5.41, 5.74) is 1.49. The van der Waals surface area contributed by atoms with Gasteiger partial charge in [-0.3, -0.25) is 0 Å². The van der Waals surface area contributed by atoms with Gasteiger partial charge in [0.15, 0.2) is 0 Å². The van der Waals surface area contributed by atoms with Gasteiger partial charge in [0.05, 0.1) is 0 Å². The first-order valence-corrected chi connectivity index (χ1v) is 10.1. The van der Waals surface area contributed by atoms with E-state index in [2.05, 4.69) is 33.5 Å². The van der Waals surface area contributed by atoms with Crippen LogP contribution in [0.15, 0.2) is 28.7 Å². The highest BCUT2D eigenvalue weighted by molar-refractivity contribution is 9.10. The Morgan fingerprint density at radius 1 is 1.12 bits per heavy atom. The average Bonchev–Trinajstić information content (AvgIpc) is 2.53. The molecule has 0 aromatic heterocycles. The highest BCUT2D eigenvalue weighted by Crippen LogP contribution is 2.61. The van der Waals surface area contributed by atoms with Crippen LogP contribution < -0.4 is 10.6 Å². The van der Waals surface area contributed by atoms with Crippen molar-refractivity contribution < 1.29 is 4.79 Å². The molecule has 2 N–H and O–H groups in total. The van der Waals surface area contributed by atoms with E-state index in [-0.39, 0.29) is 12.1 Å². The number of amides is 2. The first kappa shape index (κ1) is 16.4. The quantitative estimate of drug-likeness (QED) is 0.757. The summed E-state index contributed by atoms with van der Waals surface area (Å²) in [4.78, 5) is 12.4. The molecule has 4 heteroatoms. The minimum Gasteiger partial charge on any atom is -0.335 e. The first-order valence-electron chi connectivity index (χ1n) is 9.31. The van der Waals surface area contributed by atoms with Crippen molar-refractivity contribution in [3.63, 3.8) is 0 Å². The van der Waals surface area contributed by atoms with Crippen LogP contribution in [0.25, 0.3) is 0 Å². The van der Waals surface area contributed by atoms with Crippen LogP contribution in [0.1, 0.15) is 51.0 Å². The highest BCUT2D eigenvalue weighted by Gasteiger charge is 2.53. The van der Waals surface area contributed by atoms with Gasteiger partial charge in [0.1, 0.15) is 0 Å². The predicted octanol–water partition coefficient (Wildman–Crippen LogP) is 4.85. The molecule has 1 atom stereocenters. The maximum Gasteiger partial charge on any atom is 0.315 e. The Labute approximate surface area is 153 Å². The lowest BCUT2D eigenvalue weighted by molar-refractivity contribution is -0.0682. The highest BCUT2D eigenvalue weighted by atomic mass is 79.9. The predicted molar refractivity (Wildman–Crippen MR) is 99.6 cm³/mol. The van der Waals surface area contributed by atoms with Gasteiger partial charge in [0.25, 0.3) is 0 Å². The van der Waals surface area contributed by atoms with Gasteiger partial charge >= 0.3 is 6.03 Å². The summed E-state index contributed by atoms with van der Waals surface area (Å²) in [6.45, 7) is 2.80. The van der Waals surface area contributed by atoms with Gasteiger partial charge in [-0.1, -0.05) is 28.1 Å². The number of hydrogen-bond acceptors (Lipinski definition) is 1. The van der Waals surface area contributed by atoms with E-state index in [4.69, 9.17) is 0 Å². The molecule has 1 aromatic carbocycles. The Morgan fingerprint density at radius 2 is 1.67 bits per heavy atom. The summed E-state index contributed by atoms with van der Waals surface area (Å²) in [6, 6.07) is 8.33. The van der Waals surface area contributed by atoms with Crippen molar-refractivity contribution >= 4 is 22.0 Å². The van der Waals surface area contributed by atoms with E-state index < -0.39 is 0 Å². The van der Waals surface area contributed by atoms with Crippen LogP contribution in [-0.4, -0.2) is 12.1 Å². The largest absolute Gasteiger partial charge is 0.335 e. The van der Waals surface area contributed by atoms with Crippen molar-refractivity contribution in [1.29, 1.82) is 0 Å². The van der Waals surface area contributed by atoms with E-state index in [1.165, 1.54) is 38.5 Å². The summed E-state index contributed by atoms with van der Waals surface area (Å²) in [5.74, 6) is 2.77. The SMILES string of the molecule is CC(NC(=O)NCc1ccc(Br)cc1)C12CC3CC(CC(C3)C1)C2. The fourth-order valence-corrected chi connectivity index (χ4v) is 6.16. The summed E-state index contributed by atoms with van der Waals surface area (Å²) in [5, 5.41) is 6.28. The molecule has 0 radical (unpaired) electrons. The number of urea groups is 1. The number of benzene rings is 1. The van der Waals surface area contributed by atoms with Gasteiger partial charge in [0.2, 0.25) is 0 Å². The molecule has 0 heterocycles. The Morgan fingerprint density at radius 3 is 2.21 bits per heavy atom. The molecule has 0 saturated heterocycles. The van der Waals surface area contributed by atoms with Gasteiger partial charge in [-0.25, -0.2) is 4.79 Å². The summed E-state index contributed by atoms with van der Waals surface area (Å²) < 4.78 is 1.06. The molecule has 0 spiro atoms. The number of halogens is 1. The molecule has 4 saturated carbocycles. The van der Waals surface area contributed by atoms with Gasteiger partial charge in [-0.15, -0.1) is 0 Å². The molecule has 4 fully saturated rings. The van der Waals surface area contributed by atoms with E-state index >= 15 is 0 Å². The number of rotatable bonds is 4. The van der Waals surface area contributed by atoms with E-state index in [1.807, 2.05) is 24.3 Å². The molecule has 1 unspecified atom stereocenters. The van der Waals surface area contributed by atoms with Crippen LogP contribution in [0.3, 0.4) is 0 Å². The van der Waals surface area contributed by atoms with Crippen molar-refractivity contribution in [1.82, 2.24) is 10.6 Å². The second-order valence-corrected chi connectivity index (χ2v) is 9.37. The Hall–Kier alpha value is -1.03. The minimum atomic E-state index is -0.0267. The third-order valence-corrected chi connectivity index (χ3v) is 7.25. The second kappa shape index (κ2) is 6.36. The van der Waals surface area contributed by atoms with Crippen molar-refractivity contribution in [3.8, 4) is 0 Å². The van der Waals surface area contributed by atoms with Crippen molar-refractivity contribution in [2.45, 2.75) is 58.0 Å². The molecule has 4 aliphatic rings. The van der Waals surface area contributed by atoms with Crippen LogP contribution in [0.4, 0.5) is 4.79 Å². The topological polar surface area (TPSA) is 41.1 Å². The lowest BCUT2D eigenvalue weighted by Gasteiger charge is -2.59. The zero-order chi connectivity index (χ0) is 16.7. The maximum atomic E-state index is 12.4. The van der Waals surface area contributed by atoms with Gasteiger partial charge in [-0.2, -0.15) is 0 Å². The third kappa shape index (κ3) is 3.22. The summed E-state index contributed by atoms with van der Waals surface area (Å²) in [6.07, 6.45) is 8.32. The van der Waals surface area contributed by atoms with Crippen LogP contribution >= 0.6 is 15.9 Å². The number of hydrogen-bond donors (Lipinski definition) is 2. The zero-order valence-corrected chi connectivity index (χ0v) is 15.9. The van der Waals surface area contributed by atoms with Crippen LogP contribution in [0.2, 0.25) is 0 Å². The van der Waals surface area contributed by atoms with Crippen LogP contribution in [-0.2, 0) is 6.54 Å². The molecule has 0 aliphatic heterocycles. The monoisotopic (exact) mass is 390 g/mol. The van der Waals surface area contributed by atoms with E-state index in [1.54, 1.807) is 0 Å². The fraction of sp³-hybridized carbons (Fsp3) is 0.650. The Bertz CT molecular complexity index is 577. The number of carbonyl (C=O) groups excluding carboxylic acids is 1. The molecule has 5 rings (SSSR count). The summed E-state index contributed by atoms with van der Waals surface area (Å²) in [7, 11) is 0. The van der Waals surface area contributed by atoms with Crippen molar-refractivity contribution in [2.75, 3.05) is 0 Å². The molecule has 4 bridgehead atoms. The van der Waals surface area contributed by atoms with Gasteiger partial charge in [0, 0.05) is 17.1 Å². The zero-order valence-electron chi connectivity index (χ0n) is 14.4. The Balaban J connectivity index is 1.33. The molecule has 3 nitrogen and oxygen atoms in total. The molecule has 2 amide bonds. The summed E-state index contributed by atoms with van der Waals surface area (Å²) >= 11 is 3.44. The lowest BCUT2D eigenvalue weighted by atomic mass is 9.48. The average molecular weight is 391 g/mol. The van der Waals surface area contributed by atoms with Crippen molar-refractivity contribution in [2.24, 2.45) is 23.2 Å². The Kier molecular flexibility index (Phi) is 4.36. The van der Waals surface area contributed by atoms with Crippen LogP contribution in [0, 0.1) is 23.2 Å². The van der Waals surface area contributed by atoms with Gasteiger partial charge in [-0.05, 0) is 86.3 Å². The molecule has 1 aromatic rings. The van der Waals surface area contributed by atoms with Crippen LogP contribution in [0.5, 0.6) is 0 Å². The van der Waals surface area contributed by atoms with Gasteiger partial charge < -0.3 is 10.6 Å². The molecule has 24 heavy (non-hydrogen) atoms. The minimum absolute atomic E-state index is 0.0267. The standard InChI is InChI=1S/C20H27BrN2O/c1-13(20-9-15-6-16(10-20)8-17(7-15)11-20)23-19(24)22-12-14-2-4-18(21)5-3-14/h2-5,13,15-17H,6-12H2,1H3,(H2,22,23,24). The molecule has 130 valence electrons. The first-order chi connectivity index (χ1) is 11.5. The molecular weight excluding hydrogens is 364 g/mol. The molecule has 4 aliphatic carbocycles. The number of nitrogens with one attached hydrogen (secondary N) is 2. The normalized spacial score (nSPS) is 34.8. The lowest BCUT2D eigenvalue weighted by Crippen LogP contribution is -2.57. The van der Waals surface area contributed by atoms with Crippen molar-refractivity contribution in [3.05, 3.63) is 34.3 Å². The van der Waals surface area contributed by atoms with E-state index in [9.17, 15) is 4.79 Å². The second-order valence-electron chi connectivity index (χ2n) is 8.46. The molecular formula is C20H27BrN2O.